The van der Waals surface area contributed by atoms with E-state index in [2.05, 4.69) is 21.5 Å². The molecule has 6 nitrogen and oxygen atoms in total. The van der Waals surface area contributed by atoms with Crippen LogP contribution in [0.15, 0.2) is 48.5 Å². The summed E-state index contributed by atoms with van der Waals surface area (Å²) in [5, 5.41) is 6.07. The van der Waals surface area contributed by atoms with E-state index in [-0.39, 0.29) is 28.7 Å². The van der Waals surface area contributed by atoms with Crippen molar-refractivity contribution in [1.82, 2.24) is 16.2 Å². The number of halogens is 1. The Labute approximate surface area is 180 Å². The molecular formula is C22H25FN4O2S. The van der Waals surface area contributed by atoms with Crippen molar-refractivity contribution in [3.05, 3.63) is 65.5 Å². The topological polar surface area (TPSA) is 82.3 Å². The molecule has 1 saturated carbocycles. The van der Waals surface area contributed by atoms with E-state index in [1.807, 2.05) is 0 Å². The lowest BCUT2D eigenvalue weighted by molar-refractivity contribution is -0.120. The van der Waals surface area contributed by atoms with Crippen LogP contribution in [0, 0.1) is 11.7 Å². The molecule has 0 bridgehead atoms. The van der Waals surface area contributed by atoms with Gasteiger partial charge in [0.25, 0.3) is 5.91 Å². The van der Waals surface area contributed by atoms with Crippen LogP contribution in [0.4, 0.5) is 10.1 Å². The van der Waals surface area contributed by atoms with Gasteiger partial charge in [-0.05, 0) is 61.0 Å². The maximum atomic E-state index is 12.9. The van der Waals surface area contributed by atoms with E-state index in [0.717, 1.165) is 31.2 Å². The van der Waals surface area contributed by atoms with Crippen LogP contribution in [0.1, 0.15) is 48.0 Å². The molecule has 0 spiro atoms. The summed E-state index contributed by atoms with van der Waals surface area (Å²) in [7, 11) is 0. The van der Waals surface area contributed by atoms with Gasteiger partial charge in [-0.25, -0.2) is 4.39 Å². The molecule has 3 rings (SSSR count). The number of hydrazine groups is 1. The molecule has 158 valence electrons. The average Bonchev–Trinajstić information content (AvgIpc) is 2.78. The minimum atomic E-state index is -0.380. The van der Waals surface area contributed by atoms with Crippen LogP contribution in [-0.4, -0.2) is 16.9 Å². The van der Waals surface area contributed by atoms with Crippen molar-refractivity contribution < 1.29 is 14.0 Å². The number of amides is 2. The van der Waals surface area contributed by atoms with Gasteiger partial charge in [0.15, 0.2) is 5.11 Å². The van der Waals surface area contributed by atoms with E-state index < -0.39 is 0 Å². The van der Waals surface area contributed by atoms with Crippen molar-refractivity contribution in [2.45, 2.75) is 38.6 Å². The predicted octanol–water partition coefficient (Wildman–Crippen LogP) is 3.65. The highest BCUT2D eigenvalue weighted by molar-refractivity contribution is 7.80. The van der Waals surface area contributed by atoms with E-state index in [9.17, 15) is 14.0 Å². The quantitative estimate of drug-likeness (QED) is 0.432. The lowest BCUT2D eigenvalue weighted by Gasteiger charge is -2.20. The lowest BCUT2D eigenvalue weighted by atomic mass is 9.88. The first-order valence-electron chi connectivity index (χ1n) is 10.0. The smallest absolute Gasteiger partial charge is 0.269 e. The van der Waals surface area contributed by atoms with Gasteiger partial charge in [0, 0.05) is 23.7 Å². The number of anilines is 1. The fraction of sp³-hybridized carbons (Fsp3) is 0.318. The molecule has 8 heteroatoms. The molecule has 0 aliphatic heterocycles. The third-order valence-corrected chi connectivity index (χ3v) is 5.27. The summed E-state index contributed by atoms with van der Waals surface area (Å²) in [4.78, 5) is 24.8. The number of rotatable bonds is 5. The molecule has 0 aromatic heterocycles. The Bertz CT molecular complexity index is 898. The van der Waals surface area contributed by atoms with Crippen molar-refractivity contribution >= 4 is 34.8 Å². The zero-order valence-corrected chi connectivity index (χ0v) is 17.4. The lowest BCUT2D eigenvalue weighted by Crippen LogP contribution is -2.46. The monoisotopic (exact) mass is 428 g/mol. The second-order valence-electron chi connectivity index (χ2n) is 7.29. The fourth-order valence-corrected chi connectivity index (χ4v) is 3.48. The van der Waals surface area contributed by atoms with Gasteiger partial charge in [-0.15, -0.1) is 0 Å². The molecule has 0 heterocycles. The summed E-state index contributed by atoms with van der Waals surface area (Å²) < 4.78 is 12.9. The van der Waals surface area contributed by atoms with Gasteiger partial charge >= 0.3 is 0 Å². The summed E-state index contributed by atoms with van der Waals surface area (Å²) in [5.41, 5.74) is 7.00. The van der Waals surface area contributed by atoms with E-state index >= 15 is 0 Å². The molecular weight excluding hydrogens is 403 g/mol. The third-order valence-electron chi connectivity index (χ3n) is 5.02. The van der Waals surface area contributed by atoms with Crippen molar-refractivity contribution in [3.63, 3.8) is 0 Å². The minimum Gasteiger partial charge on any atom is -0.357 e. The second kappa shape index (κ2) is 10.7. The van der Waals surface area contributed by atoms with Crippen molar-refractivity contribution in [2.24, 2.45) is 5.92 Å². The second-order valence-corrected chi connectivity index (χ2v) is 7.70. The van der Waals surface area contributed by atoms with Gasteiger partial charge in [0.05, 0.1) is 0 Å². The van der Waals surface area contributed by atoms with Gasteiger partial charge in [-0.2, -0.15) is 0 Å². The molecule has 30 heavy (non-hydrogen) atoms. The summed E-state index contributed by atoms with van der Waals surface area (Å²) in [6.07, 6.45) is 5.19. The highest BCUT2D eigenvalue weighted by Gasteiger charge is 2.21. The molecule has 0 radical (unpaired) electrons. The first kappa shape index (κ1) is 21.7. The number of carbonyl (C=O) groups is 2. The van der Waals surface area contributed by atoms with Crippen molar-refractivity contribution in [1.29, 1.82) is 0 Å². The molecule has 0 saturated heterocycles. The molecule has 2 amide bonds. The Morgan fingerprint density at radius 3 is 2.47 bits per heavy atom. The predicted molar refractivity (Wildman–Crippen MR) is 118 cm³/mol. The molecule has 2 aromatic rings. The first-order chi connectivity index (χ1) is 14.5. The Hall–Kier alpha value is -3.00. The minimum absolute atomic E-state index is 0.0107. The number of hydrogen-bond donors (Lipinski definition) is 4. The van der Waals surface area contributed by atoms with E-state index in [0.29, 0.717) is 17.8 Å². The highest BCUT2D eigenvalue weighted by atomic mass is 32.1. The Morgan fingerprint density at radius 1 is 1.00 bits per heavy atom. The van der Waals surface area contributed by atoms with Gasteiger partial charge in [0.1, 0.15) is 5.82 Å². The first-order valence-corrected chi connectivity index (χ1v) is 10.4. The number of nitrogens with one attached hydrogen (secondary N) is 4. The van der Waals surface area contributed by atoms with Crippen molar-refractivity contribution in [2.75, 3.05) is 5.32 Å². The third kappa shape index (κ3) is 6.52. The maximum Gasteiger partial charge on any atom is 0.269 e. The summed E-state index contributed by atoms with van der Waals surface area (Å²) in [6, 6.07) is 12.8. The van der Waals surface area contributed by atoms with Crippen LogP contribution < -0.4 is 21.5 Å². The SMILES string of the molecule is O=C(NNC(=S)NCc1ccc(F)cc1)c1cccc(NC(=O)C2CCCCC2)c1. The number of hydrogen-bond acceptors (Lipinski definition) is 3. The number of thiocarbonyl (C=S) groups is 1. The Balaban J connectivity index is 1.46. The van der Waals surface area contributed by atoms with Crippen LogP contribution in [-0.2, 0) is 11.3 Å². The van der Waals surface area contributed by atoms with Crippen LogP contribution in [0.3, 0.4) is 0 Å². The molecule has 1 aliphatic carbocycles. The summed E-state index contributed by atoms with van der Waals surface area (Å²) >= 11 is 5.13. The normalized spacial score (nSPS) is 13.9. The van der Waals surface area contributed by atoms with E-state index in [1.165, 1.54) is 18.6 Å². The fourth-order valence-electron chi connectivity index (χ4n) is 3.36. The van der Waals surface area contributed by atoms with Crippen molar-refractivity contribution in [3.8, 4) is 0 Å². The molecule has 4 N–H and O–H groups in total. The summed E-state index contributed by atoms with van der Waals surface area (Å²) in [5.74, 6) is -0.627. The molecule has 0 atom stereocenters. The van der Waals surface area contributed by atoms with Gasteiger partial charge in [0.2, 0.25) is 5.91 Å². The summed E-state index contributed by atoms with van der Waals surface area (Å²) in [6.45, 7) is 0.394. The van der Waals surface area contributed by atoms with Crippen LogP contribution in [0.25, 0.3) is 0 Å². The van der Waals surface area contributed by atoms with E-state index in [4.69, 9.17) is 12.2 Å². The Kier molecular flexibility index (Phi) is 7.73. The van der Waals surface area contributed by atoms with Gasteiger partial charge < -0.3 is 10.6 Å². The average molecular weight is 429 g/mol. The zero-order valence-electron chi connectivity index (χ0n) is 16.5. The molecule has 1 aliphatic rings. The Morgan fingerprint density at radius 2 is 1.73 bits per heavy atom. The van der Waals surface area contributed by atoms with Crippen LogP contribution in [0.2, 0.25) is 0 Å². The van der Waals surface area contributed by atoms with Crippen LogP contribution >= 0.6 is 12.2 Å². The van der Waals surface area contributed by atoms with Crippen LogP contribution in [0.5, 0.6) is 0 Å². The maximum absolute atomic E-state index is 12.9. The number of benzene rings is 2. The molecule has 2 aromatic carbocycles. The standard InChI is InChI=1S/C22H25FN4O2S/c23-18-11-9-15(10-12-18)14-24-22(30)27-26-21(29)17-7-4-8-19(13-17)25-20(28)16-5-2-1-3-6-16/h4,7-13,16H,1-3,5-6,14H2,(H,25,28)(H,26,29)(H2,24,27,30). The zero-order chi connectivity index (χ0) is 21.3. The number of carbonyl (C=O) groups excluding carboxylic acids is 2. The molecule has 1 fully saturated rings. The van der Waals surface area contributed by atoms with Gasteiger partial charge in [-0.3, -0.25) is 20.4 Å². The van der Waals surface area contributed by atoms with Gasteiger partial charge in [-0.1, -0.05) is 37.5 Å². The molecule has 0 unspecified atom stereocenters. The van der Waals surface area contributed by atoms with E-state index in [1.54, 1.807) is 36.4 Å². The largest absolute Gasteiger partial charge is 0.357 e. The highest BCUT2D eigenvalue weighted by Crippen LogP contribution is 2.25.